The van der Waals surface area contributed by atoms with Crippen LogP contribution in [0, 0.1) is 6.92 Å². The van der Waals surface area contributed by atoms with Gasteiger partial charge in [-0.05, 0) is 55.0 Å². The Labute approximate surface area is 173 Å². The van der Waals surface area contributed by atoms with E-state index < -0.39 is 0 Å². The molecule has 7 heteroatoms. The molecule has 4 rings (SSSR count). The van der Waals surface area contributed by atoms with Crippen molar-refractivity contribution >= 4 is 28.7 Å². The number of carbonyl (C=O) groups is 1. The fraction of sp³-hybridized carbons (Fsp3) is 0.136. The van der Waals surface area contributed by atoms with E-state index in [4.69, 9.17) is 16.3 Å². The lowest BCUT2D eigenvalue weighted by Crippen LogP contribution is -2.23. The molecule has 1 amide bonds. The summed E-state index contributed by atoms with van der Waals surface area (Å²) in [7, 11) is 1.61. The highest BCUT2D eigenvalue weighted by atomic mass is 35.5. The topological polar surface area (TPSA) is 69.0 Å². The van der Waals surface area contributed by atoms with E-state index >= 15 is 0 Å². The van der Waals surface area contributed by atoms with Crippen LogP contribution in [-0.4, -0.2) is 27.6 Å². The molecule has 0 aliphatic rings. The molecule has 0 atom stereocenters. The van der Waals surface area contributed by atoms with Gasteiger partial charge in [-0.1, -0.05) is 23.7 Å². The number of aromatic nitrogens is 3. The van der Waals surface area contributed by atoms with Crippen LogP contribution in [0.15, 0.2) is 60.8 Å². The highest BCUT2D eigenvalue weighted by Crippen LogP contribution is 2.27. The van der Waals surface area contributed by atoms with Crippen LogP contribution in [0.25, 0.3) is 16.9 Å². The van der Waals surface area contributed by atoms with Crippen molar-refractivity contribution in [3.63, 3.8) is 0 Å². The summed E-state index contributed by atoms with van der Waals surface area (Å²) in [6, 6.07) is 16.5. The number of methoxy groups -OCH3 is 1. The molecule has 2 aromatic heterocycles. The highest BCUT2D eigenvalue weighted by molar-refractivity contribution is 6.32. The first-order valence-electron chi connectivity index (χ1n) is 9.08. The van der Waals surface area contributed by atoms with Gasteiger partial charge in [0.25, 0.3) is 5.91 Å². The SMILES string of the molecule is COc1cccc(CNC(=O)c2ccc(Cl)c(-n3c(C)nc4cccnc43)c2)c1. The summed E-state index contributed by atoms with van der Waals surface area (Å²) >= 11 is 6.45. The predicted molar refractivity (Wildman–Crippen MR) is 113 cm³/mol. The number of rotatable bonds is 5. The van der Waals surface area contributed by atoms with Crippen LogP contribution in [0.4, 0.5) is 0 Å². The lowest BCUT2D eigenvalue weighted by atomic mass is 10.1. The number of ether oxygens (including phenoxy) is 1. The quantitative estimate of drug-likeness (QED) is 0.536. The molecule has 0 saturated carbocycles. The predicted octanol–water partition coefficient (Wildman–Crippen LogP) is 4.32. The minimum absolute atomic E-state index is 0.194. The molecule has 0 saturated heterocycles. The second-order valence-corrected chi connectivity index (χ2v) is 6.95. The Morgan fingerprint density at radius 3 is 2.86 bits per heavy atom. The molecule has 0 radical (unpaired) electrons. The zero-order valence-corrected chi connectivity index (χ0v) is 16.8. The summed E-state index contributed by atoms with van der Waals surface area (Å²) < 4.78 is 7.08. The summed E-state index contributed by atoms with van der Waals surface area (Å²) in [5, 5.41) is 3.45. The van der Waals surface area contributed by atoms with Crippen molar-refractivity contribution in [2.24, 2.45) is 0 Å². The van der Waals surface area contributed by atoms with Gasteiger partial charge in [-0.25, -0.2) is 9.97 Å². The Kier molecular flexibility index (Phi) is 5.18. The molecule has 4 aromatic rings. The number of fused-ring (bicyclic) bond motifs is 1. The molecular formula is C22H19ClN4O2. The van der Waals surface area contributed by atoms with E-state index in [1.807, 2.05) is 47.9 Å². The van der Waals surface area contributed by atoms with Gasteiger partial charge in [0, 0.05) is 18.3 Å². The van der Waals surface area contributed by atoms with Crippen molar-refractivity contribution in [3.05, 3.63) is 82.8 Å². The van der Waals surface area contributed by atoms with E-state index in [-0.39, 0.29) is 5.91 Å². The van der Waals surface area contributed by atoms with Gasteiger partial charge in [0.15, 0.2) is 5.65 Å². The Hall–Kier alpha value is -3.38. The molecule has 0 spiro atoms. The number of imidazole rings is 1. The molecule has 0 unspecified atom stereocenters. The molecule has 0 aliphatic carbocycles. The number of amides is 1. The highest BCUT2D eigenvalue weighted by Gasteiger charge is 2.15. The minimum atomic E-state index is -0.194. The maximum absolute atomic E-state index is 12.7. The van der Waals surface area contributed by atoms with E-state index in [0.29, 0.717) is 28.5 Å². The van der Waals surface area contributed by atoms with E-state index in [1.54, 1.807) is 31.5 Å². The Balaban J connectivity index is 1.62. The first-order chi connectivity index (χ1) is 14.1. The lowest BCUT2D eigenvalue weighted by molar-refractivity contribution is 0.0951. The van der Waals surface area contributed by atoms with Gasteiger partial charge < -0.3 is 10.1 Å². The molecule has 1 N–H and O–H groups in total. The normalized spacial score (nSPS) is 10.9. The number of benzene rings is 2. The third-order valence-electron chi connectivity index (χ3n) is 4.62. The second kappa shape index (κ2) is 7.93. The Morgan fingerprint density at radius 2 is 2.03 bits per heavy atom. The van der Waals surface area contributed by atoms with Crippen molar-refractivity contribution in [2.75, 3.05) is 7.11 Å². The third-order valence-corrected chi connectivity index (χ3v) is 4.94. The van der Waals surface area contributed by atoms with Gasteiger partial charge in [0.1, 0.15) is 17.1 Å². The standard InChI is InChI=1S/C22H19ClN4O2/c1-14-26-19-7-4-10-24-21(19)27(14)20-12-16(8-9-18(20)23)22(28)25-13-15-5-3-6-17(11-15)29-2/h3-12H,13H2,1-2H3,(H,25,28). The van der Waals surface area contributed by atoms with Crippen LogP contribution in [-0.2, 0) is 6.54 Å². The van der Waals surface area contributed by atoms with Gasteiger partial charge in [0.05, 0.1) is 17.8 Å². The van der Waals surface area contributed by atoms with E-state index in [2.05, 4.69) is 15.3 Å². The average molecular weight is 407 g/mol. The summed E-state index contributed by atoms with van der Waals surface area (Å²) in [6.07, 6.45) is 1.71. The van der Waals surface area contributed by atoms with Crippen LogP contribution in [0.1, 0.15) is 21.7 Å². The van der Waals surface area contributed by atoms with E-state index in [9.17, 15) is 4.79 Å². The molecular weight excluding hydrogens is 388 g/mol. The zero-order valence-electron chi connectivity index (χ0n) is 16.0. The van der Waals surface area contributed by atoms with Gasteiger partial charge in [-0.15, -0.1) is 0 Å². The lowest BCUT2D eigenvalue weighted by Gasteiger charge is -2.12. The number of aryl methyl sites for hydroxylation is 1. The van der Waals surface area contributed by atoms with Crippen molar-refractivity contribution in [3.8, 4) is 11.4 Å². The molecule has 2 aromatic carbocycles. The fourth-order valence-corrected chi connectivity index (χ4v) is 3.41. The monoisotopic (exact) mass is 406 g/mol. The van der Waals surface area contributed by atoms with Crippen molar-refractivity contribution in [2.45, 2.75) is 13.5 Å². The van der Waals surface area contributed by atoms with Gasteiger partial charge in [-0.2, -0.15) is 0 Å². The van der Waals surface area contributed by atoms with Crippen LogP contribution in [0.3, 0.4) is 0 Å². The first-order valence-corrected chi connectivity index (χ1v) is 9.46. The zero-order chi connectivity index (χ0) is 20.4. The summed E-state index contributed by atoms with van der Waals surface area (Å²) in [6.45, 7) is 2.27. The third kappa shape index (κ3) is 3.79. The molecule has 29 heavy (non-hydrogen) atoms. The number of nitrogens with one attached hydrogen (secondary N) is 1. The number of pyridine rings is 1. The second-order valence-electron chi connectivity index (χ2n) is 6.54. The molecule has 0 aliphatic heterocycles. The number of nitrogens with zero attached hydrogens (tertiary/aromatic N) is 3. The first kappa shape index (κ1) is 19.0. The van der Waals surface area contributed by atoms with Crippen LogP contribution >= 0.6 is 11.6 Å². The molecule has 2 heterocycles. The van der Waals surface area contributed by atoms with E-state index in [0.717, 1.165) is 22.7 Å². The van der Waals surface area contributed by atoms with Crippen molar-refractivity contribution in [1.82, 2.24) is 19.9 Å². The molecule has 0 fully saturated rings. The summed E-state index contributed by atoms with van der Waals surface area (Å²) in [4.78, 5) is 21.7. The van der Waals surface area contributed by atoms with E-state index in [1.165, 1.54) is 0 Å². The molecule has 0 bridgehead atoms. The number of carbonyl (C=O) groups excluding carboxylic acids is 1. The fourth-order valence-electron chi connectivity index (χ4n) is 3.21. The van der Waals surface area contributed by atoms with Gasteiger partial charge in [0.2, 0.25) is 0 Å². The van der Waals surface area contributed by atoms with Gasteiger partial charge in [-0.3, -0.25) is 9.36 Å². The molecule has 6 nitrogen and oxygen atoms in total. The number of halogens is 1. The number of hydrogen-bond acceptors (Lipinski definition) is 4. The average Bonchev–Trinajstić information content (AvgIpc) is 3.08. The maximum Gasteiger partial charge on any atom is 0.251 e. The summed E-state index contributed by atoms with van der Waals surface area (Å²) in [5.74, 6) is 1.30. The minimum Gasteiger partial charge on any atom is -0.497 e. The van der Waals surface area contributed by atoms with Crippen LogP contribution in [0.5, 0.6) is 5.75 Å². The maximum atomic E-state index is 12.7. The largest absolute Gasteiger partial charge is 0.497 e. The Bertz CT molecular complexity index is 1200. The van der Waals surface area contributed by atoms with Crippen LogP contribution in [0.2, 0.25) is 5.02 Å². The Morgan fingerprint density at radius 1 is 1.17 bits per heavy atom. The molecule has 146 valence electrons. The number of hydrogen-bond donors (Lipinski definition) is 1. The smallest absolute Gasteiger partial charge is 0.251 e. The summed E-state index contributed by atoms with van der Waals surface area (Å²) in [5.41, 5.74) is 3.59. The van der Waals surface area contributed by atoms with Crippen molar-refractivity contribution < 1.29 is 9.53 Å². The van der Waals surface area contributed by atoms with Crippen molar-refractivity contribution in [1.29, 1.82) is 0 Å². The van der Waals surface area contributed by atoms with Crippen LogP contribution < -0.4 is 10.1 Å². The van der Waals surface area contributed by atoms with Gasteiger partial charge >= 0.3 is 0 Å².